The molecule has 0 amide bonds. The number of fused-ring (bicyclic) bond motifs is 1. The molecule has 0 atom stereocenters. The summed E-state index contributed by atoms with van der Waals surface area (Å²) >= 11 is 0. The van der Waals surface area contributed by atoms with E-state index in [2.05, 4.69) is 31.2 Å². The zero-order valence-corrected chi connectivity index (χ0v) is 11.0. The maximum Gasteiger partial charge on any atom is 0.134 e. The lowest BCUT2D eigenvalue weighted by Crippen LogP contribution is -2.36. The molecular formula is C16H21NO. The van der Waals surface area contributed by atoms with Gasteiger partial charge in [0.15, 0.2) is 0 Å². The molecule has 1 heterocycles. The average Bonchev–Trinajstić information content (AvgIpc) is 2.83. The van der Waals surface area contributed by atoms with Gasteiger partial charge in [-0.3, -0.25) is 0 Å². The molecule has 2 heteroatoms. The van der Waals surface area contributed by atoms with Crippen molar-refractivity contribution < 1.29 is 4.42 Å². The summed E-state index contributed by atoms with van der Waals surface area (Å²) in [5.41, 5.74) is 8.40. The first kappa shape index (κ1) is 11.8. The molecule has 2 nitrogen and oxygen atoms in total. The van der Waals surface area contributed by atoms with Crippen molar-refractivity contribution in [1.82, 2.24) is 0 Å². The summed E-state index contributed by atoms with van der Waals surface area (Å²) in [5, 5.41) is 1.20. The third-order valence-electron chi connectivity index (χ3n) is 4.40. The zero-order chi connectivity index (χ0) is 12.6. The van der Waals surface area contributed by atoms with Crippen LogP contribution < -0.4 is 5.73 Å². The summed E-state index contributed by atoms with van der Waals surface area (Å²) < 4.78 is 6.10. The van der Waals surface area contributed by atoms with Crippen LogP contribution in [-0.2, 0) is 5.41 Å². The second-order valence-corrected chi connectivity index (χ2v) is 5.70. The fourth-order valence-corrected chi connectivity index (χ4v) is 3.18. The van der Waals surface area contributed by atoms with E-state index in [0.29, 0.717) is 6.54 Å². The Balaban J connectivity index is 2.06. The third kappa shape index (κ3) is 1.85. The van der Waals surface area contributed by atoms with Crippen LogP contribution >= 0.6 is 0 Å². The van der Waals surface area contributed by atoms with E-state index in [0.717, 1.165) is 11.3 Å². The molecule has 1 aliphatic rings. The van der Waals surface area contributed by atoms with E-state index in [9.17, 15) is 0 Å². The Bertz CT molecular complexity index is 549. The fraction of sp³-hybridized carbons (Fsp3) is 0.500. The van der Waals surface area contributed by atoms with E-state index in [4.69, 9.17) is 10.2 Å². The Hall–Kier alpha value is -1.28. The smallest absolute Gasteiger partial charge is 0.134 e. The standard InChI is InChI=1S/C16H21NO/c1-12-5-6-13-10-15(18-14(13)9-12)16(11-17)7-3-2-4-8-16/h5-6,9-10H,2-4,7-8,11,17H2,1H3. The molecule has 1 saturated carbocycles. The Morgan fingerprint density at radius 2 is 1.94 bits per heavy atom. The molecule has 2 N–H and O–H groups in total. The highest BCUT2D eigenvalue weighted by atomic mass is 16.3. The molecule has 0 bridgehead atoms. The van der Waals surface area contributed by atoms with Gasteiger partial charge in [-0.05, 0) is 37.5 Å². The second kappa shape index (κ2) is 4.43. The Morgan fingerprint density at radius 1 is 1.17 bits per heavy atom. The van der Waals surface area contributed by atoms with Gasteiger partial charge >= 0.3 is 0 Å². The highest BCUT2D eigenvalue weighted by Crippen LogP contribution is 2.40. The van der Waals surface area contributed by atoms with Crippen LogP contribution in [0.1, 0.15) is 43.4 Å². The number of benzene rings is 1. The summed E-state index contributed by atoms with van der Waals surface area (Å²) in [7, 11) is 0. The molecule has 2 aromatic rings. The molecule has 96 valence electrons. The van der Waals surface area contributed by atoms with Gasteiger partial charge in [-0.2, -0.15) is 0 Å². The lowest BCUT2D eigenvalue weighted by Gasteiger charge is -2.34. The van der Waals surface area contributed by atoms with E-state index in [-0.39, 0.29) is 5.41 Å². The molecule has 3 rings (SSSR count). The Labute approximate surface area is 108 Å². The quantitative estimate of drug-likeness (QED) is 0.868. The first-order chi connectivity index (χ1) is 8.73. The molecule has 0 aliphatic heterocycles. The summed E-state index contributed by atoms with van der Waals surface area (Å²) in [6, 6.07) is 8.60. The van der Waals surface area contributed by atoms with Gasteiger partial charge in [0.1, 0.15) is 11.3 Å². The van der Waals surface area contributed by atoms with Crippen LogP contribution in [0.3, 0.4) is 0 Å². The normalized spacial score (nSPS) is 19.2. The summed E-state index contributed by atoms with van der Waals surface area (Å²) in [6.45, 7) is 2.80. The minimum absolute atomic E-state index is 0.0885. The SMILES string of the molecule is Cc1ccc2cc(C3(CN)CCCCC3)oc2c1. The van der Waals surface area contributed by atoms with Crippen molar-refractivity contribution >= 4 is 11.0 Å². The van der Waals surface area contributed by atoms with Crippen LogP contribution in [0.5, 0.6) is 0 Å². The molecule has 1 aromatic heterocycles. The van der Waals surface area contributed by atoms with Gasteiger partial charge in [0.2, 0.25) is 0 Å². The van der Waals surface area contributed by atoms with Gasteiger partial charge in [-0.25, -0.2) is 0 Å². The van der Waals surface area contributed by atoms with Crippen molar-refractivity contribution in [3.8, 4) is 0 Å². The maximum absolute atomic E-state index is 6.10. The van der Waals surface area contributed by atoms with Crippen molar-refractivity contribution in [1.29, 1.82) is 0 Å². The van der Waals surface area contributed by atoms with Crippen molar-refractivity contribution in [3.63, 3.8) is 0 Å². The van der Waals surface area contributed by atoms with Gasteiger partial charge in [-0.1, -0.05) is 31.4 Å². The topological polar surface area (TPSA) is 39.2 Å². The Morgan fingerprint density at radius 3 is 2.67 bits per heavy atom. The van der Waals surface area contributed by atoms with Gasteiger partial charge in [0.25, 0.3) is 0 Å². The van der Waals surface area contributed by atoms with Crippen LogP contribution in [-0.4, -0.2) is 6.54 Å². The lowest BCUT2D eigenvalue weighted by atomic mass is 9.72. The van der Waals surface area contributed by atoms with E-state index in [1.807, 2.05) is 0 Å². The number of aryl methyl sites for hydroxylation is 1. The average molecular weight is 243 g/mol. The molecule has 0 spiro atoms. The van der Waals surface area contributed by atoms with Crippen molar-refractivity contribution in [3.05, 3.63) is 35.6 Å². The molecule has 18 heavy (non-hydrogen) atoms. The first-order valence-corrected chi connectivity index (χ1v) is 6.94. The monoisotopic (exact) mass is 243 g/mol. The zero-order valence-electron chi connectivity index (χ0n) is 11.0. The van der Waals surface area contributed by atoms with Crippen LogP contribution in [0.15, 0.2) is 28.7 Å². The van der Waals surface area contributed by atoms with Crippen LogP contribution in [0.4, 0.5) is 0 Å². The number of rotatable bonds is 2. The van der Waals surface area contributed by atoms with Crippen LogP contribution in [0, 0.1) is 6.92 Å². The third-order valence-corrected chi connectivity index (χ3v) is 4.40. The van der Waals surface area contributed by atoms with Gasteiger partial charge in [-0.15, -0.1) is 0 Å². The number of furan rings is 1. The van der Waals surface area contributed by atoms with Crippen LogP contribution in [0.25, 0.3) is 11.0 Å². The molecule has 0 saturated heterocycles. The van der Waals surface area contributed by atoms with E-state index < -0.39 is 0 Å². The van der Waals surface area contributed by atoms with Crippen molar-refractivity contribution in [2.75, 3.05) is 6.54 Å². The summed E-state index contributed by atoms with van der Waals surface area (Å²) in [4.78, 5) is 0. The van der Waals surface area contributed by atoms with Gasteiger partial charge in [0.05, 0.1) is 0 Å². The summed E-state index contributed by atoms with van der Waals surface area (Å²) in [6.07, 6.45) is 6.21. The predicted molar refractivity (Wildman–Crippen MR) is 74.8 cm³/mol. The van der Waals surface area contributed by atoms with Crippen molar-refractivity contribution in [2.45, 2.75) is 44.4 Å². The number of hydrogen-bond donors (Lipinski definition) is 1. The number of hydrogen-bond acceptors (Lipinski definition) is 2. The molecular weight excluding hydrogens is 222 g/mol. The highest BCUT2D eigenvalue weighted by molar-refractivity contribution is 5.78. The molecule has 0 unspecified atom stereocenters. The van der Waals surface area contributed by atoms with E-state index in [1.165, 1.54) is 43.1 Å². The first-order valence-electron chi connectivity index (χ1n) is 6.94. The minimum Gasteiger partial charge on any atom is -0.460 e. The Kier molecular flexibility index (Phi) is 2.90. The minimum atomic E-state index is 0.0885. The second-order valence-electron chi connectivity index (χ2n) is 5.70. The molecule has 1 aromatic carbocycles. The van der Waals surface area contributed by atoms with E-state index in [1.54, 1.807) is 0 Å². The van der Waals surface area contributed by atoms with Crippen LogP contribution in [0.2, 0.25) is 0 Å². The molecule has 0 radical (unpaired) electrons. The van der Waals surface area contributed by atoms with Gasteiger partial charge in [0, 0.05) is 17.3 Å². The molecule has 1 aliphatic carbocycles. The fourth-order valence-electron chi connectivity index (χ4n) is 3.18. The predicted octanol–water partition coefficient (Wildman–Crippen LogP) is 3.90. The van der Waals surface area contributed by atoms with Gasteiger partial charge < -0.3 is 10.2 Å². The number of nitrogens with two attached hydrogens (primary N) is 1. The maximum atomic E-state index is 6.10. The lowest BCUT2D eigenvalue weighted by molar-refractivity contribution is 0.257. The molecule has 1 fully saturated rings. The largest absolute Gasteiger partial charge is 0.460 e. The van der Waals surface area contributed by atoms with Crippen molar-refractivity contribution in [2.24, 2.45) is 5.73 Å². The van der Waals surface area contributed by atoms with E-state index >= 15 is 0 Å². The summed E-state index contributed by atoms with van der Waals surface area (Å²) in [5.74, 6) is 1.10. The highest BCUT2D eigenvalue weighted by Gasteiger charge is 2.35.